The molecule has 196 valence electrons. The zero-order valence-corrected chi connectivity index (χ0v) is 22.8. The van der Waals surface area contributed by atoms with Gasteiger partial charge in [-0.1, -0.05) is 49.6 Å². The molecule has 2 aromatic rings. The molecule has 1 N–H and O–H groups in total. The molecule has 1 spiro atoms. The molecular weight excluding hydrogens is 532 g/mol. The Labute approximate surface area is 227 Å². The van der Waals surface area contributed by atoms with Gasteiger partial charge in [-0.25, -0.2) is 0 Å². The molecule has 1 saturated carbocycles. The highest BCUT2D eigenvalue weighted by Crippen LogP contribution is 2.40. The Balaban J connectivity index is 1.29. The van der Waals surface area contributed by atoms with Crippen LogP contribution in [0.1, 0.15) is 55.3 Å². The number of hydrogen-bond acceptors (Lipinski definition) is 4. The molecule has 2 saturated heterocycles. The van der Waals surface area contributed by atoms with Crippen LogP contribution in [0.2, 0.25) is 0 Å². The maximum atomic E-state index is 13.9. The molecule has 3 fully saturated rings. The minimum Gasteiger partial charge on any atom is -0.354 e. The van der Waals surface area contributed by atoms with E-state index in [9.17, 15) is 14.4 Å². The van der Waals surface area contributed by atoms with Crippen LogP contribution in [0.3, 0.4) is 0 Å². The average molecular weight is 568 g/mol. The molecule has 1 aliphatic carbocycles. The number of carbonyl (C=O) groups is 3. The third kappa shape index (κ3) is 5.40. The molecule has 0 aromatic heterocycles. The van der Waals surface area contributed by atoms with Crippen molar-refractivity contribution in [2.24, 2.45) is 5.92 Å². The highest BCUT2D eigenvalue weighted by atomic mass is 79.9. The predicted octanol–water partition coefficient (Wildman–Crippen LogP) is 4.43. The summed E-state index contributed by atoms with van der Waals surface area (Å²) in [5, 5.41) is 3.08. The Bertz CT molecular complexity index is 1130. The summed E-state index contributed by atoms with van der Waals surface area (Å²) in [6.07, 6.45) is 7.15. The number of para-hydroxylation sites is 1. The monoisotopic (exact) mass is 566 g/mol. The lowest BCUT2D eigenvalue weighted by molar-refractivity contribution is -0.137. The fourth-order valence-corrected chi connectivity index (χ4v) is 6.54. The number of nitrogens with one attached hydrogen (secondary N) is 1. The molecule has 3 aliphatic rings. The van der Waals surface area contributed by atoms with Crippen LogP contribution in [0.5, 0.6) is 0 Å². The van der Waals surface area contributed by atoms with Gasteiger partial charge in [-0.2, -0.15) is 0 Å². The Morgan fingerprint density at radius 2 is 1.62 bits per heavy atom. The van der Waals surface area contributed by atoms with Gasteiger partial charge in [-0.15, -0.1) is 0 Å². The van der Waals surface area contributed by atoms with Gasteiger partial charge in [0.2, 0.25) is 5.91 Å². The van der Waals surface area contributed by atoms with Gasteiger partial charge < -0.3 is 20.0 Å². The van der Waals surface area contributed by atoms with Gasteiger partial charge in [0.15, 0.2) is 0 Å². The summed E-state index contributed by atoms with van der Waals surface area (Å²) in [5.41, 5.74) is 0.842. The minimum atomic E-state index is -0.754. The first-order chi connectivity index (χ1) is 18.0. The van der Waals surface area contributed by atoms with Crippen LogP contribution in [0.25, 0.3) is 0 Å². The van der Waals surface area contributed by atoms with E-state index in [0.717, 1.165) is 10.2 Å². The second-order valence-electron chi connectivity index (χ2n) is 10.5. The third-order valence-electron chi connectivity index (χ3n) is 8.21. The zero-order chi connectivity index (χ0) is 25.8. The van der Waals surface area contributed by atoms with Crippen molar-refractivity contribution < 1.29 is 14.4 Å². The fourth-order valence-electron chi connectivity index (χ4n) is 6.09. The molecule has 7 nitrogen and oxygen atoms in total. The summed E-state index contributed by atoms with van der Waals surface area (Å²) < 4.78 is 0.772. The molecule has 0 atom stereocenters. The van der Waals surface area contributed by atoms with E-state index in [1.165, 1.54) is 32.1 Å². The maximum Gasteiger partial charge on any atom is 0.255 e. The second-order valence-corrected chi connectivity index (χ2v) is 11.4. The highest BCUT2D eigenvalue weighted by Gasteiger charge is 2.54. The Hall–Kier alpha value is -2.87. The van der Waals surface area contributed by atoms with Crippen LogP contribution in [0.4, 0.5) is 5.69 Å². The summed E-state index contributed by atoms with van der Waals surface area (Å²) in [4.78, 5) is 45.6. The van der Waals surface area contributed by atoms with E-state index in [1.54, 1.807) is 4.90 Å². The number of benzene rings is 2. The number of nitrogens with zero attached hydrogens (tertiary/aromatic N) is 3. The summed E-state index contributed by atoms with van der Waals surface area (Å²) in [7, 11) is 0. The van der Waals surface area contributed by atoms with Crippen molar-refractivity contribution >= 4 is 39.3 Å². The zero-order valence-electron chi connectivity index (χ0n) is 21.2. The van der Waals surface area contributed by atoms with Crippen molar-refractivity contribution in [1.82, 2.24) is 15.1 Å². The lowest BCUT2D eigenvalue weighted by Crippen LogP contribution is -2.57. The van der Waals surface area contributed by atoms with Gasteiger partial charge in [0.05, 0.1) is 12.2 Å². The number of hydrogen-bond donors (Lipinski definition) is 1. The summed E-state index contributed by atoms with van der Waals surface area (Å²) in [6.45, 7) is 2.10. The molecule has 5 rings (SSSR count). The van der Waals surface area contributed by atoms with Crippen LogP contribution in [-0.4, -0.2) is 65.9 Å². The number of piperidine rings is 1. The van der Waals surface area contributed by atoms with Gasteiger partial charge in [0, 0.05) is 29.8 Å². The molecule has 37 heavy (non-hydrogen) atoms. The van der Waals surface area contributed by atoms with Crippen molar-refractivity contribution in [3.05, 3.63) is 64.6 Å². The summed E-state index contributed by atoms with van der Waals surface area (Å²) >= 11 is 3.49. The quantitative estimate of drug-likeness (QED) is 0.561. The van der Waals surface area contributed by atoms with Crippen molar-refractivity contribution in [2.75, 3.05) is 37.7 Å². The molecule has 0 unspecified atom stereocenters. The summed E-state index contributed by atoms with van der Waals surface area (Å²) in [6, 6.07) is 17.4. The van der Waals surface area contributed by atoms with E-state index >= 15 is 0 Å². The predicted molar refractivity (Wildman–Crippen MR) is 147 cm³/mol. The number of amides is 3. The lowest BCUT2D eigenvalue weighted by atomic mass is 9.85. The van der Waals surface area contributed by atoms with Gasteiger partial charge in [-0.05, 0) is 71.8 Å². The van der Waals surface area contributed by atoms with E-state index in [1.807, 2.05) is 59.5 Å². The number of anilines is 1. The topological polar surface area (TPSA) is 73.0 Å². The molecule has 2 aliphatic heterocycles. The van der Waals surface area contributed by atoms with Crippen molar-refractivity contribution in [2.45, 2.75) is 50.5 Å². The Kier molecular flexibility index (Phi) is 7.84. The van der Waals surface area contributed by atoms with Crippen LogP contribution < -0.4 is 10.2 Å². The average Bonchev–Trinajstić information content (AvgIpc) is 3.19. The third-order valence-corrected chi connectivity index (χ3v) is 8.90. The smallest absolute Gasteiger partial charge is 0.255 e. The first-order valence-electron chi connectivity index (χ1n) is 13.4. The van der Waals surface area contributed by atoms with E-state index in [-0.39, 0.29) is 24.3 Å². The first kappa shape index (κ1) is 25.8. The minimum absolute atomic E-state index is 0.0165. The fraction of sp³-hybridized carbons (Fsp3) is 0.483. The Morgan fingerprint density at radius 3 is 2.32 bits per heavy atom. The molecule has 0 bridgehead atoms. The molecule has 0 radical (unpaired) electrons. The van der Waals surface area contributed by atoms with Gasteiger partial charge in [0.1, 0.15) is 12.1 Å². The van der Waals surface area contributed by atoms with Crippen LogP contribution in [-0.2, 0) is 9.59 Å². The van der Waals surface area contributed by atoms with Crippen LogP contribution in [0, 0.1) is 5.92 Å². The number of likely N-dealkylation sites (tertiary alicyclic amines) is 1. The summed E-state index contributed by atoms with van der Waals surface area (Å²) in [5.74, 6) is 0.409. The maximum absolute atomic E-state index is 13.9. The Morgan fingerprint density at radius 1 is 0.946 bits per heavy atom. The van der Waals surface area contributed by atoms with E-state index in [4.69, 9.17) is 0 Å². The van der Waals surface area contributed by atoms with E-state index in [2.05, 4.69) is 26.1 Å². The molecule has 2 aromatic carbocycles. The van der Waals surface area contributed by atoms with Gasteiger partial charge in [-0.3, -0.25) is 14.4 Å². The number of rotatable bonds is 6. The normalized spacial score (nSPS) is 19.9. The number of carbonyl (C=O) groups excluding carboxylic acids is 3. The SMILES string of the molecule is O=C(CN1CN(c2ccccc2)C2(CCN(C(=O)c3ccccc3Br)CC2)C1=O)NCC1CCCCC1. The second kappa shape index (κ2) is 11.3. The molecule has 2 heterocycles. The first-order valence-corrected chi connectivity index (χ1v) is 14.2. The van der Waals surface area contributed by atoms with Crippen molar-refractivity contribution in [1.29, 1.82) is 0 Å². The van der Waals surface area contributed by atoms with Gasteiger partial charge in [0.25, 0.3) is 11.8 Å². The largest absolute Gasteiger partial charge is 0.354 e. The van der Waals surface area contributed by atoms with Crippen LogP contribution in [0.15, 0.2) is 59.1 Å². The van der Waals surface area contributed by atoms with Crippen molar-refractivity contribution in [3.63, 3.8) is 0 Å². The van der Waals surface area contributed by atoms with Crippen molar-refractivity contribution in [3.8, 4) is 0 Å². The molecule has 8 heteroatoms. The lowest BCUT2D eigenvalue weighted by Gasteiger charge is -2.43. The van der Waals surface area contributed by atoms with E-state index in [0.29, 0.717) is 50.6 Å². The van der Waals surface area contributed by atoms with Gasteiger partial charge >= 0.3 is 0 Å². The van der Waals surface area contributed by atoms with E-state index < -0.39 is 5.54 Å². The standard InChI is InChI=1S/C29H35BrN4O3/c30-25-14-8-7-13-24(25)27(36)32-17-15-29(16-18-32)28(37)33(21-34(29)23-11-5-2-6-12-23)20-26(35)31-19-22-9-3-1-4-10-22/h2,5-8,11-14,22H,1,3-4,9-10,15-21H2,(H,31,35). The molecule has 3 amide bonds. The number of halogens is 1. The van der Waals surface area contributed by atoms with Crippen LogP contribution >= 0.6 is 15.9 Å². The highest BCUT2D eigenvalue weighted by molar-refractivity contribution is 9.10. The molecular formula is C29H35BrN4O3.